The molecule has 0 spiro atoms. The molecule has 1 unspecified atom stereocenters. The van der Waals surface area contributed by atoms with E-state index in [0.717, 1.165) is 5.56 Å². The predicted octanol–water partition coefficient (Wildman–Crippen LogP) is 0.487. The van der Waals surface area contributed by atoms with Gasteiger partial charge >= 0.3 is 5.97 Å². The van der Waals surface area contributed by atoms with Crippen LogP contribution in [0.3, 0.4) is 0 Å². The average molecular weight is 420 g/mol. The normalized spacial score (nSPS) is 16.6. The second-order valence-corrected chi connectivity index (χ2v) is 8.42. The molecule has 0 aliphatic carbocycles. The number of nitrogens with zero attached hydrogens (tertiary/aromatic N) is 3. The smallest absolute Gasteiger partial charge is 0.320 e. The van der Waals surface area contributed by atoms with Gasteiger partial charge < -0.3 is 10.0 Å². The molecule has 1 fully saturated rings. The van der Waals surface area contributed by atoms with Crippen LogP contribution in [-0.4, -0.2) is 85.3 Å². The number of aliphatic carboxylic acids is 1. The third-order valence-corrected chi connectivity index (χ3v) is 6.43. The molecule has 1 aliphatic rings. The van der Waals surface area contributed by atoms with Gasteiger partial charge in [-0.2, -0.15) is 4.31 Å². The first-order chi connectivity index (χ1) is 12.2. The van der Waals surface area contributed by atoms with E-state index < -0.39 is 22.0 Å². The Balaban J connectivity index is 0.00000364. The minimum atomic E-state index is -3.43. The first kappa shape index (κ1) is 23.4. The van der Waals surface area contributed by atoms with Gasteiger partial charge in [-0.15, -0.1) is 12.4 Å². The van der Waals surface area contributed by atoms with Crippen LogP contribution in [0.4, 0.5) is 0 Å². The number of carboxylic acids is 1. The molecule has 2 rings (SSSR count). The van der Waals surface area contributed by atoms with Crippen LogP contribution in [0.15, 0.2) is 30.3 Å². The van der Waals surface area contributed by atoms with Crippen molar-refractivity contribution in [2.75, 3.05) is 39.8 Å². The first-order valence-electron chi connectivity index (χ1n) is 8.43. The van der Waals surface area contributed by atoms with Gasteiger partial charge in [-0.25, -0.2) is 8.42 Å². The molecule has 0 saturated carbocycles. The number of piperazine rings is 1. The molecular formula is C17H26ClN3O5S. The van der Waals surface area contributed by atoms with Crippen LogP contribution in [0.2, 0.25) is 0 Å². The molecule has 10 heteroatoms. The Labute approximate surface area is 166 Å². The standard InChI is InChI=1S/C17H25N3O5S.ClH/c1-14(17(22)23)18(2)12-16(21)19-8-10-20(11-9-19)26(24,25)13-15-6-4-3-5-7-15;/h3-7,14H,8-13H2,1-2H3,(H,22,23);1H. The van der Waals surface area contributed by atoms with Crippen molar-refractivity contribution in [2.24, 2.45) is 0 Å². The lowest BCUT2D eigenvalue weighted by molar-refractivity contribution is -0.143. The number of halogens is 1. The fraction of sp³-hybridized carbons (Fsp3) is 0.529. The van der Waals surface area contributed by atoms with Gasteiger partial charge in [0.2, 0.25) is 15.9 Å². The second-order valence-electron chi connectivity index (χ2n) is 6.45. The van der Waals surface area contributed by atoms with Crippen LogP contribution >= 0.6 is 12.4 Å². The number of hydrogen-bond donors (Lipinski definition) is 1. The van der Waals surface area contributed by atoms with Crippen molar-refractivity contribution in [1.29, 1.82) is 0 Å². The van der Waals surface area contributed by atoms with E-state index in [2.05, 4.69) is 0 Å². The first-order valence-corrected chi connectivity index (χ1v) is 10.0. The van der Waals surface area contributed by atoms with Crippen molar-refractivity contribution >= 4 is 34.3 Å². The molecule has 1 aromatic carbocycles. The summed E-state index contributed by atoms with van der Waals surface area (Å²) in [5, 5.41) is 8.98. The molecular weight excluding hydrogens is 394 g/mol. The minimum Gasteiger partial charge on any atom is -0.480 e. The van der Waals surface area contributed by atoms with Crippen molar-refractivity contribution in [3.05, 3.63) is 35.9 Å². The highest BCUT2D eigenvalue weighted by atomic mass is 35.5. The number of sulfonamides is 1. The minimum absolute atomic E-state index is 0. The van der Waals surface area contributed by atoms with Gasteiger partial charge in [0, 0.05) is 26.2 Å². The molecule has 1 amide bonds. The molecule has 152 valence electrons. The van der Waals surface area contributed by atoms with Crippen molar-refractivity contribution in [1.82, 2.24) is 14.1 Å². The number of carbonyl (C=O) groups is 2. The molecule has 1 saturated heterocycles. The summed E-state index contributed by atoms with van der Waals surface area (Å²) in [4.78, 5) is 26.3. The number of likely N-dealkylation sites (N-methyl/N-ethyl adjacent to an activating group) is 1. The van der Waals surface area contributed by atoms with E-state index in [1.54, 1.807) is 36.2 Å². The lowest BCUT2D eigenvalue weighted by Crippen LogP contribution is -2.53. The van der Waals surface area contributed by atoms with Crippen LogP contribution in [-0.2, 0) is 25.4 Å². The fourth-order valence-electron chi connectivity index (χ4n) is 2.73. The molecule has 1 aromatic rings. The third-order valence-electron chi connectivity index (χ3n) is 4.58. The Morgan fingerprint density at radius 2 is 1.70 bits per heavy atom. The number of carboxylic acid groups (broad SMARTS) is 1. The maximum Gasteiger partial charge on any atom is 0.320 e. The molecule has 1 N–H and O–H groups in total. The van der Waals surface area contributed by atoms with E-state index in [1.807, 2.05) is 6.07 Å². The van der Waals surface area contributed by atoms with Crippen LogP contribution in [0.25, 0.3) is 0 Å². The van der Waals surface area contributed by atoms with E-state index in [9.17, 15) is 18.0 Å². The molecule has 27 heavy (non-hydrogen) atoms. The summed E-state index contributed by atoms with van der Waals surface area (Å²) < 4.78 is 26.5. The zero-order valence-corrected chi connectivity index (χ0v) is 17.1. The fourth-order valence-corrected chi connectivity index (χ4v) is 4.25. The van der Waals surface area contributed by atoms with Gasteiger partial charge in [-0.1, -0.05) is 30.3 Å². The number of amides is 1. The van der Waals surface area contributed by atoms with Gasteiger partial charge in [-0.05, 0) is 19.5 Å². The highest BCUT2D eigenvalue weighted by Gasteiger charge is 2.30. The van der Waals surface area contributed by atoms with Gasteiger partial charge in [-0.3, -0.25) is 14.5 Å². The average Bonchev–Trinajstić information content (AvgIpc) is 2.61. The molecule has 0 radical (unpaired) electrons. The van der Waals surface area contributed by atoms with Crippen LogP contribution in [0, 0.1) is 0 Å². The number of benzene rings is 1. The van der Waals surface area contributed by atoms with Crippen molar-refractivity contribution in [2.45, 2.75) is 18.7 Å². The van der Waals surface area contributed by atoms with Crippen LogP contribution in [0.5, 0.6) is 0 Å². The third kappa shape index (κ3) is 6.46. The Bertz CT molecular complexity index is 736. The van der Waals surface area contributed by atoms with Crippen molar-refractivity contribution in [3.8, 4) is 0 Å². The largest absolute Gasteiger partial charge is 0.480 e. The van der Waals surface area contributed by atoms with Gasteiger partial charge in [0.25, 0.3) is 0 Å². The highest BCUT2D eigenvalue weighted by Crippen LogP contribution is 2.14. The van der Waals surface area contributed by atoms with Gasteiger partial charge in [0.1, 0.15) is 6.04 Å². The summed E-state index contributed by atoms with van der Waals surface area (Å²) in [6, 6.07) is 8.23. The highest BCUT2D eigenvalue weighted by molar-refractivity contribution is 7.88. The summed E-state index contributed by atoms with van der Waals surface area (Å²) in [6.45, 7) is 2.62. The summed E-state index contributed by atoms with van der Waals surface area (Å²) in [5.41, 5.74) is 0.732. The zero-order valence-electron chi connectivity index (χ0n) is 15.4. The lowest BCUT2D eigenvalue weighted by atomic mass is 10.2. The Hall–Kier alpha value is -1.68. The summed E-state index contributed by atoms with van der Waals surface area (Å²) in [5.74, 6) is -1.24. The van der Waals surface area contributed by atoms with Crippen molar-refractivity contribution in [3.63, 3.8) is 0 Å². The number of rotatable bonds is 7. The van der Waals surface area contributed by atoms with Gasteiger partial charge in [0.05, 0.1) is 12.3 Å². The van der Waals surface area contributed by atoms with E-state index in [0.29, 0.717) is 13.1 Å². The maximum atomic E-state index is 12.5. The predicted molar refractivity (Wildman–Crippen MR) is 104 cm³/mol. The van der Waals surface area contributed by atoms with Crippen molar-refractivity contribution < 1.29 is 23.1 Å². The quantitative estimate of drug-likeness (QED) is 0.690. The van der Waals surface area contributed by atoms with E-state index in [1.165, 1.54) is 16.1 Å². The maximum absolute atomic E-state index is 12.5. The summed E-state index contributed by atoms with van der Waals surface area (Å²) in [7, 11) is -1.85. The van der Waals surface area contributed by atoms with Gasteiger partial charge in [0.15, 0.2) is 0 Å². The van der Waals surface area contributed by atoms with E-state index >= 15 is 0 Å². The molecule has 0 aromatic heterocycles. The Morgan fingerprint density at radius 1 is 1.15 bits per heavy atom. The van der Waals surface area contributed by atoms with E-state index in [-0.39, 0.29) is 43.7 Å². The molecule has 0 bridgehead atoms. The summed E-state index contributed by atoms with van der Waals surface area (Å²) in [6.07, 6.45) is 0. The lowest BCUT2D eigenvalue weighted by Gasteiger charge is -2.35. The van der Waals surface area contributed by atoms with E-state index in [4.69, 9.17) is 5.11 Å². The zero-order chi connectivity index (χ0) is 19.3. The Morgan fingerprint density at radius 3 is 2.22 bits per heavy atom. The number of hydrogen-bond acceptors (Lipinski definition) is 5. The molecule has 8 nitrogen and oxygen atoms in total. The molecule has 1 heterocycles. The molecule has 1 aliphatic heterocycles. The summed E-state index contributed by atoms with van der Waals surface area (Å²) >= 11 is 0. The Kier molecular flexibility index (Phi) is 8.67. The van der Waals surface area contributed by atoms with Crippen LogP contribution < -0.4 is 0 Å². The second kappa shape index (κ2) is 10.0. The molecule has 1 atom stereocenters. The topological polar surface area (TPSA) is 98.2 Å². The SMILES string of the molecule is CC(C(=O)O)N(C)CC(=O)N1CCN(S(=O)(=O)Cc2ccccc2)CC1.Cl. The van der Waals surface area contributed by atoms with Crippen LogP contribution in [0.1, 0.15) is 12.5 Å². The number of carbonyl (C=O) groups excluding carboxylic acids is 1. The monoisotopic (exact) mass is 419 g/mol.